The molecule has 0 aliphatic carbocycles. The molecule has 0 atom stereocenters. The maximum Gasteiger partial charge on any atom is 0.419 e. The van der Waals surface area contributed by atoms with E-state index in [1.54, 1.807) is 0 Å². The molecule has 0 unspecified atom stereocenters. The minimum atomic E-state index is -5.14. The number of aryl methyl sites for hydroxylation is 1. The Balaban J connectivity index is 3.45. The summed E-state index contributed by atoms with van der Waals surface area (Å²) in [5.74, 6) is -1.71. The van der Waals surface area contributed by atoms with E-state index in [9.17, 15) is 30.7 Å². The van der Waals surface area contributed by atoms with E-state index in [2.05, 4.69) is 0 Å². The van der Waals surface area contributed by atoms with Gasteiger partial charge in [0, 0.05) is 0 Å². The first-order valence-electron chi connectivity index (χ1n) is 3.98. The second kappa shape index (κ2) is 3.64. The molecule has 0 aliphatic rings. The molecular formula is C9H5F7. The summed E-state index contributed by atoms with van der Waals surface area (Å²) < 4.78 is 86.0. The zero-order valence-corrected chi connectivity index (χ0v) is 7.80. The summed E-state index contributed by atoms with van der Waals surface area (Å²) in [7, 11) is 0. The van der Waals surface area contributed by atoms with Crippen LogP contribution in [0.5, 0.6) is 0 Å². The van der Waals surface area contributed by atoms with Gasteiger partial charge in [0.2, 0.25) is 0 Å². The fourth-order valence-corrected chi connectivity index (χ4v) is 1.20. The lowest BCUT2D eigenvalue weighted by molar-refractivity contribution is -0.144. The highest BCUT2D eigenvalue weighted by Gasteiger charge is 2.39. The number of rotatable bonds is 0. The van der Waals surface area contributed by atoms with Crippen LogP contribution in [0.1, 0.15) is 16.7 Å². The Morgan fingerprint density at radius 1 is 0.812 bits per heavy atom. The van der Waals surface area contributed by atoms with Gasteiger partial charge in [-0.3, -0.25) is 0 Å². The summed E-state index contributed by atoms with van der Waals surface area (Å²) in [5.41, 5.74) is -3.98. The number of benzene rings is 1. The molecule has 0 fully saturated rings. The molecule has 1 aromatic rings. The number of hydrogen-bond acceptors (Lipinski definition) is 0. The average Bonchev–Trinajstić information content (AvgIpc) is 1.97. The molecule has 0 heterocycles. The first-order chi connectivity index (χ1) is 7.03. The lowest BCUT2D eigenvalue weighted by Crippen LogP contribution is -2.14. The monoisotopic (exact) mass is 246 g/mol. The van der Waals surface area contributed by atoms with Crippen LogP contribution in [0.15, 0.2) is 12.1 Å². The van der Waals surface area contributed by atoms with Crippen molar-refractivity contribution in [2.75, 3.05) is 0 Å². The lowest BCUT2D eigenvalue weighted by Gasteiger charge is -2.14. The molecule has 0 amide bonds. The van der Waals surface area contributed by atoms with Gasteiger partial charge in [-0.2, -0.15) is 26.3 Å². The number of halogens is 7. The molecule has 0 bridgehead atoms. The van der Waals surface area contributed by atoms with Gasteiger partial charge in [-0.1, -0.05) is 0 Å². The quantitative estimate of drug-likeness (QED) is 0.602. The Hall–Kier alpha value is -1.27. The highest BCUT2D eigenvalue weighted by Crippen LogP contribution is 2.38. The Labute approximate surface area is 85.7 Å². The smallest absolute Gasteiger partial charge is 0.206 e. The molecule has 0 aliphatic heterocycles. The van der Waals surface area contributed by atoms with Crippen LogP contribution in [0.4, 0.5) is 30.7 Å². The van der Waals surface area contributed by atoms with Crippen LogP contribution in [-0.2, 0) is 12.4 Å². The molecule has 0 saturated heterocycles. The molecule has 0 spiro atoms. The zero-order chi connectivity index (χ0) is 12.7. The normalized spacial score (nSPS) is 13.0. The van der Waals surface area contributed by atoms with Gasteiger partial charge >= 0.3 is 12.4 Å². The van der Waals surface area contributed by atoms with E-state index in [-0.39, 0.29) is 12.1 Å². The maximum atomic E-state index is 12.8. The van der Waals surface area contributed by atoms with Gasteiger partial charge in [-0.25, -0.2) is 4.39 Å². The highest BCUT2D eigenvalue weighted by atomic mass is 19.4. The standard InChI is InChI=1S/C9H5F7/c1-4-2-7(10)6(9(14,15)16)3-5(4)8(11,12)13/h2-3H,1H3. The summed E-state index contributed by atoms with van der Waals surface area (Å²) >= 11 is 0. The van der Waals surface area contributed by atoms with Crippen molar-refractivity contribution < 1.29 is 30.7 Å². The Morgan fingerprint density at radius 2 is 1.25 bits per heavy atom. The van der Waals surface area contributed by atoms with Crippen LogP contribution < -0.4 is 0 Å². The second-order valence-electron chi connectivity index (χ2n) is 3.14. The van der Waals surface area contributed by atoms with Crippen molar-refractivity contribution in [3.05, 3.63) is 34.6 Å². The van der Waals surface area contributed by atoms with Crippen molar-refractivity contribution >= 4 is 0 Å². The van der Waals surface area contributed by atoms with Crippen molar-refractivity contribution in [1.82, 2.24) is 0 Å². The van der Waals surface area contributed by atoms with Gasteiger partial charge in [0.1, 0.15) is 5.82 Å². The molecule has 0 N–H and O–H groups in total. The first kappa shape index (κ1) is 12.8. The molecule has 0 saturated carbocycles. The van der Waals surface area contributed by atoms with E-state index in [0.29, 0.717) is 0 Å². The molecular weight excluding hydrogens is 241 g/mol. The molecule has 1 aromatic carbocycles. The van der Waals surface area contributed by atoms with Crippen LogP contribution in [0.2, 0.25) is 0 Å². The molecule has 1 rings (SSSR count). The summed E-state index contributed by atoms with van der Waals surface area (Å²) in [6.45, 7) is 0.895. The van der Waals surface area contributed by atoms with E-state index >= 15 is 0 Å². The van der Waals surface area contributed by atoms with Gasteiger partial charge in [-0.15, -0.1) is 0 Å². The van der Waals surface area contributed by atoms with Crippen molar-refractivity contribution in [2.24, 2.45) is 0 Å². The molecule has 0 radical (unpaired) electrons. The van der Waals surface area contributed by atoms with Crippen LogP contribution in [0.25, 0.3) is 0 Å². The van der Waals surface area contributed by atoms with Crippen LogP contribution in [0, 0.1) is 12.7 Å². The third kappa shape index (κ3) is 2.45. The van der Waals surface area contributed by atoms with Crippen LogP contribution in [-0.4, -0.2) is 0 Å². The first-order valence-corrected chi connectivity index (χ1v) is 3.98. The van der Waals surface area contributed by atoms with E-state index in [1.165, 1.54) is 0 Å². The van der Waals surface area contributed by atoms with Crippen molar-refractivity contribution in [3.63, 3.8) is 0 Å². The summed E-state index contributed by atoms with van der Waals surface area (Å²) in [6, 6.07) is 0.0102. The lowest BCUT2D eigenvalue weighted by atomic mass is 10.0. The molecule has 16 heavy (non-hydrogen) atoms. The fourth-order valence-electron chi connectivity index (χ4n) is 1.20. The second-order valence-corrected chi connectivity index (χ2v) is 3.14. The highest BCUT2D eigenvalue weighted by molar-refractivity contribution is 5.35. The van der Waals surface area contributed by atoms with Crippen molar-refractivity contribution in [3.8, 4) is 0 Å². The summed E-state index contributed by atoms with van der Waals surface area (Å²) in [4.78, 5) is 0. The van der Waals surface area contributed by atoms with Gasteiger partial charge in [0.05, 0.1) is 11.1 Å². The Morgan fingerprint density at radius 3 is 1.62 bits per heavy atom. The molecule has 90 valence electrons. The fraction of sp³-hybridized carbons (Fsp3) is 0.333. The van der Waals surface area contributed by atoms with Crippen LogP contribution >= 0.6 is 0 Å². The van der Waals surface area contributed by atoms with Gasteiger partial charge < -0.3 is 0 Å². The van der Waals surface area contributed by atoms with Crippen molar-refractivity contribution in [2.45, 2.75) is 19.3 Å². The van der Waals surface area contributed by atoms with E-state index < -0.39 is 34.9 Å². The largest absolute Gasteiger partial charge is 0.419 e. The zero-order valence-electron chi connectivity index (χ0n) is 7.80. The number of alkyl halides is 6. The van der Waals surface area contributed by atoms with E-state index in [0.717, 1.165) is 6.92 Å². The Kier molecular flexibility index (Phi) is 2.91. The third-order valence-electron chi connectivity index (χ3n) is 1.92. The minimum absolute atomic E-state index is 0.218. The van der Waals surface area contributed by atoms with Gasteiger partial charge in [0.15, 0.2) is 0 Å². The maximum absolute atomic E-state index is 12.8. The summed E-state index contributed by atoms with van der Waals surface area (Å²) in [6.07, 6.45) is -10.1. The molecule has 7 heteroatoms. The minimum Gasteiger partial charge on any atom is -0.206 e. The Bertz CT molecular complexity index is 364. The van der Waals surface area contributed by atoms with E-state index in [1.807, 2.05) is 0 Å². The SMILES string of the molecule is Cc1cc(F)c(C(F)(F)F)cc1C(F)(F)F. The molecule has 0 aromatic heterocycles. The van der Waals surface area contributed by atoms with E-state index in [4.69, 9.17) is 0 Å². The third-order valence-corrected chi connectivity index (χ3v) is 1.92. The predicted octanol–water partition coefficient (Wildman–Crippen LogP) is 4.17. The van der Waals surface area contributed by atoms with Gasteiger partial charge in [0.25, 0.3) is 0 Å². The topological polar surface area (TPSA) is 0 Å². The predicted molar refractivity (Wildman–Crippen MR) is 41.1 cm³/mol. The van der Waals surface area contributed by atoms with Gasteiger partial charge in [-0.05, 0) is 24.6 Å². The van der Waals surface area contributed by atoms with Crippen LogP contribution in [0.3, 0.4) is 0 Å². The average molecular weight is 246 g/mol. The number of hydrogen-bond donors (Lipinski definition) is 0. The molecule has 0 nitrogen and oxygen atoms in total. The summed E-state index contributed by atoms with van der Waals surface area (Å²) in [5, 5.41) is 0. The van der Waals surface area contributed by atoms with Crippen molar-refractivity contribution in [1.29, 1.82) is 0 Å².